The van der Waals surface area contributed by atoms with Crippen LogP contribution in [0.2, 0.25) is 0 Å². The Morgan fingerprint density at radius 1 is 1.16 bits per heavy atom. The van der Waals surface area contributed by atoms with Crippen LogP contribution >= 0.6 is 0 Å². The third kappa shape index (κ3) is 3.91. The smallest absolute Gasteiger partial charge is 0.272 e. The molecular formula is C19H21N5O. The molecular weight excluding hydrogens is 314 g/mol. The molecule has 2 aromatic heterocycles. The van der Waals surface area contributed by atoms with Gasteiger partial charge in [0, 0.05) is 31.0 Å². The number of carbonyl (C=O) groups is 1. The Bertz CT molecular complexity index is 895. The van der Waals surface area contributed by atoms with E-state index >= 15 is 0 Å². The number of aromatic nitrogens is 4. The zero-order chi connectivity index (χ0) is 18.0. The molecule has 0 radical (unpaired) electrons. The summed E-state index contributed by atoms with van der Waals surface area (Å²) in [6, 6.07) is 9.83. The number of rotatable bonds is 4. The first-order valence-corrected chi connectivity index (χ1v) is 8.11. The number of hydrogen-bond acceptors (Lipinski definition) is 4. The third-order valence-corrected chi connectivity index (χ3v) is 3.85. The Hall–Kier alpha value is -3.02. The van der Waals surface area contributed by atoms with Gasteiger partial charge in [0.15, 0.2) is 0 Å². The van der Waals surface area contributed by atoms with Crippen molar-refractivity contribution in [1.82, 2.24) is 24.6 Å². The quantitative estimate of drug-likeness (QED) is 0.735. The van der Waals surface area contributed by atoms with Gasteiger partial charge in [-0.3, -0.25) is 4.79 Å². The van der Waals surface area contributed by atoms with Gasteiger partial charge >= 0.3 is 0 Å². The fraction of sp³-hybridized carbons (Fsp3) is 0.263. The van der Waals surface area contributed by atoms with Crippen molar-refractivity contribution < 1.29 is 4.79 Å². The van der Waals surface area contributed by atoms with Crippen LogP contribution in [-0.2, 0) is 6.54 Å². The monoisotopic (exact) mass is 335 g/mol. The van der Waals surface area contributed by atoms with E-state index in [1.165, 1.54) is 5.56 Å². The lowest BCUT2D eigenvalue weighted by Gasteiger charge is -2.16. The maximum Gasteiger partial charge on any atom is 0.272 e. The predicted molar refractivity (Wildman–Crippen MR) is 95.6 cm³/mol. The number of nitrogens with zero attached hydrogens (tertiary/aromatic N) is 5. The van der Waals surface area contributed by atoms with E-state index < -0.39 is 0 Å². The topological polar surface area (TPSA) is 63.9 Å². The Morgan fingerprint density at radius 3 is 2.68 bits per heavy atom. The van der Waals surface area contributed by atoms with Gasteiger partial charge in [0.2, 0.25) is 0 Å². The predicted octanol–water partition coefficient (Wildman–Crippen LogP) is 2.86. The number of carbonyl (C=O) groups excluding carboxylic acids is 1. The summed E-state index contributed by atoms with van der Waals surface area (Å²) >= 11 is 0. The van der Waals surface area contributed by atoms with Gasteiger partial charge in [0.25, 0.3) is 5.91 Å². The van der Waals surface area contributed by atoms with E-state index in [4.69, 9.17) is 0 Å². The van der Waals surface area contributed by atoms with Crippen LogP contribution in [0, 0.1) is 20.8 Å². The van der Waals surface area contributed by atoms with Gasteiger partial charge in [-0.2, -0.15) is 5.10 Å². The second-order valence-electron chi connectivity index (χ2n) is 6.24. The summed E-state index contributed by atoms with van der Waals surface area (Å²) in [5.41, 5.74) is 4.34. The van der Waals surface area contributed by atoms with Gasteiger partial charge in [0.1, 0.15) is 11.5 Å². The van der Waals surface area contributed by atoms with Crippen LogP contribution in [0.5, 0.6) is 0 Å². The van der Waals surface area contributed by atoms with Crippen molar-refractivity contribution in [3.05, 3.63) is 71.1 Å². The molecule has 0 aliphatic carbocycles. The van der Waals surface area contributed by atoms with Crippen LogP contribution in [0.3, 0.4) is 0 Å². The molecule has 128 valence electrons. The normalized spacial score (nSPS) is 10.7. The van der Waals surface area contributed by atoms with E-state index in [1.807, 2.05) is 42.9 Å². The lowest BCUT2D eigenvalue weighted by Crippen LogP contribution is -2.27. The Kier molecular flexibility index (Phi) is 4.61. The van der Waals surface area contributed by atoms with Crippen LogP contribution < -0.4 is 0 Å². The van der Waals surface area contributed by atoms with Crippen LogP contribution in [0.4, 0.5) is 0 Å². The van der Waals surface area contributed by atoms with Gasteiger partial charge in [-0.25, -0.2) is 14.6 Å². The molecule has 1 aromatic carbocycles. The van der Waals surface area contributed by atoms with E-state index in [0.717, 1.165) is 16.9 Å². The van der Waals surface area contributed by atoms with E-state index in [-0.39, 0.29) is 5.91 Å². The molecule has 3 rings (SSSR count). The minimum absolute atomic E-state index is 0.128. The van der Waals surface area contributed by atoms with Crippen molar-refractivity contribution in [2.45, 2.75) is 27.3 Å². The van der Waals surface area contributed by atoms with Crippen LogP contribution in [0.25, 0.3) is 5.69 Å². The molecule has 0 spiro atoms. The van der Waals surface area contributed by atoms with Gasteiger partial charge in [-0.05, 0) is 44.5 Å². The molecule has 25 heavy (non-hydrogen) atoms. The zero-order valence-corrected chi connectivity index (χ0v) is 14.9. The lowest BCUT2D eigenvalue weighted by molar-refractivity contribution is 0.0778. The summed E-state index contributed by atoms with van der Waals surface area (Å²) in [5.74, 6) is 0.473. The van der Waals surface area contributed by atoms with Crippen molar-refractivity contribution in [2.24, 2.45) is 0 Å². The Morgan fingerprint density at radius 2 is 1.96 bits per heavy atom. The molecule has 0 atom stereocenters. The summed E-state index contributed by atoms with van der Waals surface area (Å²) in [5, 5.41) is 4.39. The summed E-state index contributed by atoms with van der Waals surface area (Å²) in [7, 11) is 1.76. The first-order valence-electron chi connectivity index (χ1n) is 8.11. The van der Waals surface area contributed by atoms with E-state index in [0.29, 0.717) is 18.1 Å². The molecule has 0 saturated heterocycles. The fourth-order valence-electron chi connectivity index (χ4n) is 2.72. The second kappa shape index (κ2) is 6.84. The molecule has 0 aliphatic heterocycles. The minimum Gasteiger partial charge on any atom is -0.336 e. The molecule has 0 fully saturated rings. The minimum atomic E-state index is -0.128. The maximum atomic E-state index is 12.6. The zero-order valence-electron chi connectivity index (χ0n) is 14.9. The molecule has 6 heteroatoms. The fourth-order valence-corrected chi connectivity index (χ4v) is 2.72. The highest BCUT2D eigenvalue weighted by atomic mass is 16.2. The molecule has 0 aliphatic rings. The van der Waals surface area contributed by atoms with Crippen LogP contribution in [0.1, 0.15) is 33.1 Å². The maximum absolute atomic E-state index is 12.6. The van der Waals surface area contributed by atoms with E-state index in [1.54, 1.807) is 31.1 Å². The van der Waals surface area contributed by atoms with Crippen molar-refractivity contribution in [2.75, 3.05) is 7.05 Å². The lowest BCUT2D eigenvalue weighted by atomic mass is 10.2. The standard InChI is InChI=1S/C19H21N5O/c1-13-6-5-7-17(8-13)24-12-16(10-20-24)11-23(4)19(25)18-9-14(2)21-15(3)22-18/h5-10,12H,11H2,1-4H3. The van der Waals surface area contributed by atoms with Crippen molar-refractivity contribution in [1.29, 1.82) is 0 Å². The van der Waals surface area contributed by atoms with Crippen LogP contribution in [0.15, 0.2) is 42.7 Å². The second-order valence-corrected chi connectivity index (χ2v) is 6.24. The summed E-state index contributed by atoms with van der Waals surface area (Å²) in [4.78, 5) is 22.7. The molecule has 1 amide bonds. The van der Waals surface area contributed by atoms with Gasteiger partial charge in [-0.15, -0.1) is 0 Å². The summed E-state index contributed by atoms with van der Waals surface area (Å²) in [6.07, 6.45) is 3.72. The molecule has 2 heterocycles. The molecule has 6 nitrogen and oxygen atoms in total. The number of aryl methyl sites for hydroxylation is 3. The van der Waals surface area contributed by atoms with E-state index in [9.17, 15) is 4.79 Å². The molecule has 0 N–H and O–H groups in total. The molecule has 0 unspecified atom stereocenters. The van der Waals surface area contributed by atoms with Crippen LogP contribution in [-0.4, -0.2) is 37.6 Å². The SMILES string of the molecule is Cc1cccc(-n2cc(CN(C)C(=O)c3cc(C)nc(C)n3)cn2)c1. The average molecular weight is 335 g/mol. The molecule has 0 saturated carbocycles. The highest BCUT2D eigenvalue weighted by Gasteiger charge is 2.15. The number of benzene rings is 1. The summed E-state index contributed by atoms with van der Waals surface area (Å²) < 4.78 is 1.82. The van der Waals surface area contributed by atoms with Crippen molar-refractivity contribution in [3.63, 3.8) is 0 Å². The highest BCUT2D eigenvalue weighted by Crippen LogP contribution is 2.12. The Balaban J connectivity index is 1.75. The largest absolute Gasteiger partial charge is 0.336 e. The van der Waals surface area contributed by atoms with Crippen molar-refractivity contribution in [3.8, 4) is 5.69 Å². The molecule has 0 bridgehead atoms. The van der Waals surface area contributed by atoms with Gasteiger partial charge in [-0.1, -0.05) is 12.1 Å². The summed E-state index contributed by atoms with van der Waals surface area (Å²) in [6.45, 7) is 6.16. The first kappa shape index (κ1) is 16.8. The number of hydrogen-bond donors (Lipinski definition) is 0. The number of amides is 1. The first-order chi connectivity index (χ1) is 11.9. The van der Waals surface area contributed by atoms with E-state index in [2.05, 4.69) is 21.1 Å². The van der Waals surface area contributed by atoms with Gasteiger partial charge < -0.3 is 4.90 Å². The highest BCUT2D eigenvalue weighted by molar-refractivity contribution is 5.92. The average Bonchev–Trinajstić information content (AvgIpc) is 3.01. The third-order valence-electron chi connectivity index (χ3n) is 3.85. The van der Waals surface area contributed by atoms with Gasteiger partial charge in [0.05, 0.1) is 11.9 Å². The van der Waals surface area contributed by atoms with Crippen molar-refractivity contribution >= 4 is 5.91 Å². The molecule has 3 aromatic rings. The Labute approximate surface area is 147 Å².